The number of aromatic nitrogens is 1. The highest BCUT2D eigenvalue weighted by molar-refractivity contribution is 6.13. The minimum Gasteiger partial charge on any atom is -0.456 e. The summed E-state index contributed by atoms with van der Waals surface area (Å²) in [5.74, 6) is 0. The predicted octanol–water partition coefficient (Wildman–Crippen LogP) is 13.8. The predicted molar refractivity (Wildman–Crippen MR) is 227 cm³/mol. The van der Waals surface area contributed by atoms with Gasteiger partial charge in [-0.2, -0.15) is 0 Å². The van der Waals surface area contributed by atoms with Gasteiger partial charge in [0.05, 0.1) is 22.1 Å². The van der Waals surface area contributed by atoms with Crippen molar-refractivity contribution in [3.05, 3.63) is 210 Å². The van der Waals surface area contributed by atoms with Gasteiger partial charge in [-0.05, 0) is 103 Å². The number of rotatable bonds is 2. The van der Waals surface area contributed by atoms with Crippen molar-refractivity contribution in [3.8, 4) is 39.1 Å². The normalized spacial score (nSPS) is 15.3. The summed E-state index contributed by atoms with van der Waals surface area (Å²) < 4.78 is 8.69. The van der Waals surface area contributed by atoms with Gasteiger partial charge in [-0.1, -0.05) is 146 Å². The van der Waals surface area contributed by atoms with Gasteiger partial charge in [0.1, 0.15) is 11.2 Å². The lowest BCUT2D eigenvalue weighted by atomic mass is 9.70. The average molecular weight is 698 g/mol. The van der Waals surface area contributed by atoms with Gasteiger partial charge in [0.2, 0.25) is 0 Å². The largest absolute Gasteiger partial charge is 0.456 e. The van der Waals surface area contributed by atoms with Crippen LogP contribution in [0.5, 0.6) is 0 Å². The molecule has 0 fully saturated rings. The van der Waals surface area contributed by atoms with E-state index >= 15 is 0 Å². The molecule has 2 heterocycles. The summed E-state index contributed by atoms with van der Waals surface area (Å²) in [4.78, 5) is 0. The molecule has 0 aliphatic heterocycles. The highest BCUT2D eigenvalue weighted by Gasteiger charge is 2.52. The summed E-state index contributed by atoms with van der Waals surface area (Å²) >= 11 is 0. The second-order valence-corrected chi connectivity index (χ2v) is 15.1. The Morgan fingerprint density at radius 1 is 0.364 bits per heavy atom. The molecule has 11 aromatic rings. The van der Waals surface area contributed by atoms with Gasteiger partial charge in [-0.3, -0.25) is 0 Å². The molecule has 0 saturated heterocycles. The summed E-state index contributed by atoms with van der Waals surface area (Å²) in [6, 6.07) is 69.6. The third-order valence-electron chi connectivity index (χ3n) is 12.6. The summed E-state index contributed by atoms with van der Waals surface area (Å²) in [7, 11) is 0. The van der Waals surface area contributed by atoms with Crippen LogP contribution in [-0.2, 0) is 5.41 Å². The molecule has 1 unspecified atom stereocenters. The Kier molecular flexibility index (Phi) is 5.59. The zero-order chi connectivity index (χ0) is 35.8. The molecule has 2 aromatic heterocycles. The van der Waals surface area contributed by atoms with Gasteiger partial charge in [0.15, 0.2) is 0 Å². The highest BCUT2D eigenvalue weighted by Crippen LogP contribution is 2.64. The van der Waals surface area contributed by atoms with E-state index in [2.05, 4.69) is 180 Å². The monoisotopic (exact) mass is 697 g/mol. The first kappa shape index (κ1) is 29.3. The van der Waals surface area contributed by atoms with Gasteiger partial charge >= 0.3 is 0 Å². The molecule has 0 N–H and O–H groups in total. The fourth-order valence-electron chi connectivity index (χ4n) is 10.4. The number of hydrogen-bond donors (Lipinski definition) is 0. The van der Waals surface area contributed by atoms with Crippen molar-refractivity contribution in [2.75, 3.05) is 0 Å². The Morgan fingerprint density at radius 2 is 0.964 bits per heavy atom. The molecule has 13 rings (SSSR count). The highest BCUT2D eigenvalue weighted by atomic mass is 16.3. The number of hydrogen-bond acceptors (Lipinski definition) is 1. The van der Waals surface area contributed by atoms with E-state index < -0.39 is 5.41 Å². The summed E-state index contributed by atoms with van der Waals surface area (Å²) in [5, 5.41) is 7.36. The topological polar surface area (TPSA) is 18.1 Å². The number of para-hydroxylation sites is 2. The molecule has 1 spiro atoms. The van der Waals surface area contributed by atoms with Gasteiger partial charge in [-0.15, -0.1) is 0 Å². The van der Waals surface area contributed by atoms with Crippen LogP contribution in [0.2, 0.25) is 0 Å². The number of furan rings is 1. The van der Waals surface area contributed by atoms with Crippen LogP contribution in [0.4, 0.5) is 0 Å². The first-order valence-electron chi connectivity index (χ1n) is 19.1. The molecule has 0 radical (unpaired) electrons. The average Bonchev–Trinajstić information content (AvgIpc) is 3.97. The summed E-state index contributed by atoms with van der Waals surface area (Å²) in [6.07, 6.45) is 0. The maximum absolute atomic E-state index is 6.17. The van der Waals surface area contributed by atoms with Gasteiger partial charge in [0, 0.05) is 27.1 Å². The molecule has 2 nitrogen and oxygen atoms in total. The summed E-state index contributed by atoms with van der Waals surface area (Å²) in [6.45, 7) is 0. The minimum atomic E-state index is -0.431. The molecule has 0 saturated carbocycles. The second-order valence-electron chi connectivity index (χ2n) is 15.1. The van der Waals surface area contributed by atoms with Crippen LogP contribution in [0.25, 0.3) is 93.6 Å². The fourth-order valence-corrected chi connectivity index (χ4v) is 10.4. The van der Waals surface area contributed by atoms with Crippen LogP contribution < -0.4 is 0 Å². The molecule has 0 amide bonds. The first-order valence-corrected chi connectivity index (χ1v) is 19.1. The maximum atomic E-state index is 6.17. The number of nitrogens with zero attached hydrogens (tertiary/aromatic N) is 1. The van der Waals surface area contributed by atoms with Gasteiger partial charge in [-0.25, -0.2) is 0 Å². The van der Waals surface area contributed by atoms with Crippen molar-refractivity contribution in [1.82, 2.24) is 4.57 Å². The van der Waals surface area contributed by atoms with E-state index in [1.54, 1.807) is 0 Å². The Labute approximate surface area is 317 Å². The molecular weight excluding hydrogens is 667 g/mol. The van der Waals surface area contributed by atoms with Crippen molar-refractivity contribution in [2.24, 2.45) is 0 Å². The molecule has 0 bridgehead atoms. The van der Waals surface area contributed by atoms with Crippen LogP contribution in [0.15, 0.2) is 192 Å². The smallest absolute Gasteiger partial charge is 0.135 e. The van der Waals surface area contributed by atoms with Crippen molar-refractivity contribution in [3.63, 3.8) is 0 Å². The Bertz CT molecular complexity index is 3450. The molecule has 2 heteroatoms. The Morgan fingerprint density at radius 3 is 1.82 bits per heavy atom. The third kappa shape index (κ3) is 3.64. The maximum Gasteiger partial charge on any atom is 0.135 e. The van der Waals surface area contributed by atoms with Crippen molar-refractivity contribution < 1.29 is 4.42 Å². The van der Waals surface area contributed by atoms with Crippen molar-refractivity contribution in [2.45, 2.75) is 5.41 Å². The SMILES string of the molecule is c1ccc2c(c1)-c1c(-n3c4ccccc4c4cc(-c5ccc6oc7ccccc7c6c5)ccc43)cccc1C21c2ccccc2-c2c1ccc1ccccc21. The van der Waals surface area contributed by atoms with E-state index in [0.29, 0.717) is 0 Å². The van der Waals surface area contributed by atoms with E-state index in [-0.39, 0.29) is 0 Å². The molecular formula is C53H31NO. The van der Waals surface area contributed by atoms with Crippen molar-refractivity contribution in [1.29, 1.82) is 0 Å². The van der Waals surface area contributed by atoms with Crippen molar-refractivity contribution >= 4 is 54.5 Å². The minimum absolute atomic E-state index is 0.431. The quantitative estimate of drug-likeness (QED) is 0.176. The zero-order valence-corrected chi connectivity index (χ0v) is 29.8. The lowest BCUT2D eigenvalue weighted by Crippen LogP contribution is -2.25. The van der Waals surface area contributed by atoms with Gasteiger partial charge in [0.25, 0.3) is 0 Å². The van der Waals surface area contributed by atoms with Crippen LogP contribution in [0.3, 0.4) is 0 Å². The van der Waals surface area contributed by atoms with Crippen LogP contribution in [0, 0.1) is 0 Å². The molecule has 2 aliphatic carbocycles. The fraction of sp³-hybridized carbons (Fsp3) is 0.0189. The van der Waals surface area contributed by atoms with E-state index in [1.165, 1.54) is 93.9 Å². The van der Waals surface area contributed by atoms with E-state index in [1.807, 2.05) is 12.1 Å². The molecule has 55 heavy (non-hydrogen) atoms. The zero-order valence-electron chi connectivity index (χ0n) is 29.8. The molecule has 1 atom stereocenters. The Balaban J connectivity index is 1.08. The van der Waals surface area contributed by atoms with Gasteiger partial charge < -0.3 is 8.98 Å². The first-order chi connectivity index (χ1) is 27.3. The number of benzene rings is 9. The van der Waals surface area contributed by atoms with Crippen LogP contribution in [0.1, 0.15) is 22.3 Å². The summed E-state index contributed by atoms with van der Waals surface area (Å²) in [5.41, 5.74) is 18.1. The second kappa shape index (κ2) is 10.5. The van der Waals surface area contributed by atoms with E-state index in [9.17, 15) is 0 Å². The standard InChI is InChI=1S/C53H31NO/c1-2-13-35-32(12-1)24-27-45-51(35)38-16-3-7-18-42(38)53(45)43-19-8-4-17-39(43)52-44(53)20-11-22-48(52)54-46-21-9-5-14-36(46)40-30-33(25-28-47(40)54)34-26-29-50-41(31-34)37-15-6-10-23-49(37)55-50/h1-31H. The number of fused-ring (bicyclic) bond motifs is 18. The lowest BCUT2D eigenvalue weighted by molar-refractivity contribution is 0.669. The van der Waals surface area contributed by atoms with E-state index in [4.69, 9.17) is 4.42 Å². The van der Waals surface area contributed by atoms with Crippen LogP contribution in [-0.4, -0.2) is 4.57 Å². The molecule has 2 aliphatic rings. The van der Waals surface area contributed by atoms with E-state index in [0.717, 1.165) is 21.9 Å². The lowest BCUT2D eigenvalue weighted by Gasteiger charge is -2.30. The molecule has 254 valence electrons. The van der Waals surface area contributed by atoms with Crippen LogP contribution >= 0.6 is 0 Å². The molecule has 9 aromatic carbocycles. The Hall–Kier alpha value is -7.16. The third-order valence-corrected chi connectivity index (χ3v) is 12.6.